The number of hydrogen-bond donors (Lipinski definition) is 2. The van der Waals surface area contributed by atoms with Crippen LogP contribution in [0.1, 0.15) is 58.8 Å². The third-order valence-electron chi connectivity index (χ3n) is 2.70. The van der Waals surface area contributed by atoms with Gasteiger partial charge in [-0.25, -0.2) is 8.93 Å². The smallest absolute Gasteiger partial charge is 0.292 e. The summed E-state index contributed by atoms with van der Waals surface area (Å²) in [7, 11) is -3.86. The molecule has 0 rings (SSSR count). The number of nitrogens with one attached hydrogen (secondary N) is 1. The van der Waals surface area contributed by atoms with Crippen LogP contribution in [0.3, 0.4) is 0 Å². The number of hydrogen-bond acceptors (Lipinski definition) is 3. The molecule has 0 heterocycles. The van der Waals surface area contributed by atoms with Crippen LogP contribution in [0.25, 0.3) is 0 Å². The predicted molar refractivity (Wildman–Crippen MR) is 78.1 cm³/mol. The second-order valence-electron chi connectivity index (χ2n) is 4.42. The normalized spacial score (nSPS) is 13.9. The second-order valence-corrected chi connectivity index (χ2v) is 7.24. The van der Waals surface area contributed by atoms with E-state index in [2.05, 4.69) is 4.72 Å². The molecule has 116 valence electrons. The Kier molecular flexibility index (Phi) is 10.7. The van der Waals surface area contributed by atoms with Crippen LogP contribution in [0.4, 0.5) is 0 Å². The highest BCUT2D eigenvalue weighted by molar-refractivity contribution is 7.98. The topological polar surface area (TPSA) is 86.7 Å². The van der Waals surface area contributed by atoms with E-state index in [0.717, 1.165) is 38.5 Å². The van der Waals surface area contributed by atoms with Gasteiger partial charge >= 0.3 is 0 Å². The van der Waals surface area contributed by atoms with Crippen LogP contribution in [0.2, 0.25) is 0 Å². The van der Waals surface area contributed by atoms with Crippen LogP contribution in [0, 0.1) is 0 Å². The Balaban J connectivity index is 4.29. The van der Waals surface area contributed by atoms with Crippen LogP contribution in [-0.4, -0.2) is 34.0 Å². The molecular formula is C11H26N2O4S2. The van der Waals surface area contributed by atoms with Crippen molar-refractivity contribution >= 4 is 21.5 Å². The van der Waals surface area contributed by atoms with Crippen LogP contribution >= 0.6 is 0 Å². The third-order valence-corrected chi connectivity index (χ3v) is 5.49. The van der Waals surface area contributed by atoms with Crippen molar-refractivity contribution in [3.8, 4) is 0 Å². The molecule has 0 spiro atoms. The minimum Gasteiger partial charge on any atom is -0.293 e. The van der Waals surface area contributed by atoms with Gasteiger partial charge in [0.25, 0.3) is 10.2 Å². The van der Waals surface area contributed by atoms with Gasteiger partial charge in [-0.2, -0.15) is 8.42 Å². The Morgan fingerprint density at radius 1 is 1.05 bits per heavy atom. The molecular weight excluding hydrogens is 288 g/mol. The summed E-state index contributed by atoms with van der Waals surface area (Å²) in [6.07, 6.45) is 6.14. The zero-order valence-corrected chi connectivity index (χ0v) is 13.4. The fraction of sp³-hybridized carbons (Fsp3) is 1.00. The summed E-state index contributed by atoms with van der Waals surface area (Å²) in [6.45, 7) is 4.45. The van der Waals surface area contributed by atoms with Gasteiger partial charge in [0, 0.05) is 13.1 Å². The lowest BCUT2D eigenvalue weighted by atomic mass is 10.2. The molecule has 0 saturated heterocycles. The van der Waals surface area contributed by atoms with Crippen molar-refractivity contribution in [2.24, 2.45) is 0 Å². The van der Waals surface area contributed by atoms with Crippen LogP contribution in [0.5, 0.6) is 0 Å². The highest BCUT2D eigenvalue weighted by Crippen LogP contribution is 2.07. The van der Waals surface area contributed by atoms with E-state index in [1.165, 1.54) is 0 Å². The lowest BCUT2D eigenvalue weighted by Crippen LogP contribution is -2.42. The third kappa shape index (κ3) is 8.69. The molecule has 0 fully saturated rings. The molecule has 0 aliphatic heterocycles. The SMILES string of the molecule is CCCCCCN(S(=O)O)S(=O)(=O)NCCCCC. The molecule has 0 bridgehead atoms. The second kappa shape index (κ2) is 10.7. The molecule has 0 aromatic rings. The molecule has 19 heavy (non-hydrogen) atoms. The van der Waals surface area contributed by atoms with E-state index in [0.29, 0.717) is 16.7 Å². The monoisotopic (exact) mass is 314 g/mol. The molecule has 0 saturated carbocycles. The largest absolute Gasteiger partial charge is 0.293 e. The van der Waals surface area contributed by atoms with Gasteiger partial charge in [-0.1, -0.05) is 49.7 Å². The molecule has 0 aliphatic rings. The fourth-order valence-electron chi connectivity index (χ4n) is 1.60. The Morgan fingerprint density at radius 3 is 2.16 bits per heavy atom. The van der Waals surface area contributed by atoms with Gasteiger partial charge in [0.15, 0.2) is 0 Å². The zero-order valence-electron chi connectivity index (χ0n) is 11.8. The van der Waals surface area contributed by atoms with Gasteiger partial charge in [0.05, 0.1) is 0 Å². The molecule has 2 N–H and O–H groups in total. The van der Waals surface area contributed by atoms with Crippen molar-refractivity contribution in [1.29, 1.82) is 0 Å². The van der Waals surface area contributed by atoms with Crippen molar-refractivity contribution in [2.75, 3.05) is 13.1 Å². The minimum atomic E-state index is -3.86. The van der Waals surface area contributed by atoms with Crippen molar-refractivity contribution in [2.45, 2.75) is 58.8 Å². The van der Waals surface area contributed by atoms with Crippen LogP contribution in [0.15, 0.2) is 0 Å². The van der Waals surface area contributed by atoms with Crippen molar-refractivity contribution < 1.29 is 17.2 Å². The van der Waals surface area contributed by atoms with Gasteiger partial charge < -0.3 is 0 Å². The van der Waals surface area contributed by atoms with Crippen molar-refractivity contribution in [3.05, 3.63) is 0 Å². The minimum absolute atomic E-state index is 0.0756. The first-order valence-corrected chi connectivity index (χ1v) is 9.34. The lowest BCUT2D eigenvalue weighted by molar-refractivity contribution is 0.459. The molecule has 8 heteroatoms. The number of rotatable bonds is 12. The number of nitrogens with zero attached hydrogens (tertiary/aromatic N) is 1. The Hall–Kier alpha value is -0.0200. The highest BCUT2D eigenvalue weighted by atomic mass is 32.3. The van der Waals surface area contributed by atoms with Crippen LogP contribution in [-0.2, 0) is 21.5 Å². The zero-order chi connectivity index (χ0) is 14.7. The van der Waals surface area contributed by atoms with E-state index >= 15 is 0 Å². The van der Waals surface area contributed by atoms with E-state index in [4.69, 9.17) is 4.55 Å². The predicted octanol–water partition coefficient (Wildman–Crippen LogP) is 2.03. The summed E-state index contributed by atoms with van der Waals surface area (Å²) < 4.78 is 46.9. The summed E-state index contributed by atoms with van der Waals surface area (Å²) >= 11 is -2.50. The Labute approximate surface area is 119 Å². The number of unbranched alkanes of at least 4 members (excludes halogenated alkanes) is 5. The molecule has 0 amide bonds. The van der Waals surface area contributed by atoms with Gasteiger partial charge in [0.2, 0.25) is 11.3 Å². The first-order valence-electron chi connectivity index (χ1n) is 6.84. The Morgan fingerprint density at radius 2 is 1.63 bits per heavy atom. The summed E-state index contributed by atoms with van der Waals surface area (Å²) in [5, 5.41) is 0. The molecule has 1 unspecified atom stereocenters. The van der Waals surface area contributed by atoms with E-state index < -0.39 is 21.5 Å². The summed E-state index contributed by atoms with van der Waals surface area (Å²) in [5.74, 6) is 0. The molecule has 0 aromatic heterocycles. The first-order chi connectivity index (χ1) is 8.95. The standard InChI is InChI=1S/C11H26N2O4S2/c1-3-5-7-9-11-13(18(14)15)19(16,17)12-10-8-6-4-2/h12H,3-11H2,1-2H3,(H,14,15). The molecule has 0 aromatic carbocycles. The van der Waals surface area contributed by atoms with Gasteiger partial charge in [0.1, 0.15) is 0 Å². The van der Waals surface area contributed by atoms with Gasteiger partial charge in [-0.15, -0.1) is 0 Å². The maximum Gasteiger partial charge on any atom is 0.292 e. The van der Waals surface area contributed by atoms with E-state index in [9.17, 15) is 12.6 Å². The summed E-state index contributed by atoms with van der Waals surface area (Å²) in [5.41, 5.74) is 0. The Bertz CT molecular complexity index is 347. The quantitative estimate of drug-likeness (QED) is 0.426. The highest BCUT2D eigenvalue weighted by Gasteiger charge is 2.25. The average Bonchev–Trinajstić information content (AvgIpc) is 2.34. The maximum atomic E-state index is 11.9. The van der Waals surface area contributed by atoms with Crippen LogP contribution < -0.4 is 4.72 Å². The van der Waals surface area contributed by atoms with E-state index in [1.54, 1.807) is 0 Å². The van der Waals surface area contributed by atoms with Crippen molar-refractivity contribution in [3.63, 3.8) is 0 Å². The molecule has 0 aliphatic carbocycles. The maximum absolute atomic E-state index is 11.9. The van der Waals surface area contributed by atoms with E-state index in [1.807, 2.05) is 13.8 Å². The van der Waals surface area contributed by atoms with Crippen molar-refractivity contribution in [1.82, 2.24) is 8.43 Å². The van der Waals surface area contributed by atoms with Gasteiger partial charge in [-0.3, -0.25) is 4.55 Å². The lowest BCUT2D eigenvalue weighted by Gasteiger charge is -2.18. The first kappa shape index (κ1) is 19.0. The van der Waals surface area contributed by atoms with Gasteiger partial charge in [-0.05, 0) is 12.8 Å². The fourth-order valence-corrected chi connectivity index (χ4v) is 3.63. The average molecular weight is 314 g/mol. The molecule has 0 radical (unpaired) electrons. The summed E-state index contributed by atoms with van der Waals surface area (Å²) in [4.78, 5) is 0. The summed E-state index contributed by atoms with van der Waals surface area (Å²) in [6, 6.07) is 0. The molecule has 6 nitrogen and oxygen atoms in total. The molecule has 1 atom stereocenters. The van der Waals surface area contributed by atoms with E-state index in [-0.39, 0.29) is 6.54 Å².